The van der Waals surface area contributed by atoms with Crippen molar-refractivity contribution in [2.75, 3.05) is 11.9 Å². The number of fused-ring (bicyclic) bond motifs is 1. The van der Waals surface area contributed by atoms with Gasteiger partial charge in [-0.25, -0.2) is 13.8 Å². The number of halogens is 2. The lowest BCUT2D eigenvalue weighted by atomic mass is 10.1. The molecule has 4 heteroatoms. The average Bonchev–Trinajstić information content (AvgIpc) is 2.27. The van der Waals surface area contributed by atoms with Gasteiger partial charge in [-0.05, 0) is 37.6 Å². The van der Waals surface area contributed by atoms with Crippen molar-refractivity contribution in [1.29, 1.82) is 0 Å². The van der Waals surface area contributed by atoms with Gasteiger partial charge in [0.25, 0.3) is 0 Å². The number of hydrogen-bond acceptors (Lipinski definition) is 2. The maximum absolute atomic E-state index is 13.7. The van der Waals surface area contributed by atoms with Crippen LogP contribution in [0.1, 0.15) is 12.5 Å². The Labute approximate surface area is 92.3 Å². The van der Waals surface area contributed by atoms with Crippen molar-refractivity contribution in [2.24, 2.45) is 0 Å². The molecule has 1 heterocycles. The van der Waals surface area contributed by atoms with Crippen LogP contribution < -0.4 is 5.32 Å². The molecule has 0 saturated carbocycles. The van der Waals surface area contributed by atoms with Gasteiger partial charge in [0, 0.05) is 11.9 Å². The topological polar surface area (TPSA) is 24.9 Å². The second-order valence-corrected chi connectivity index (χ2v) is 3.61. The van der Waals surface area contributed by atoms with E-state index in [1.807, 2.05) is 6.92 Å². The van der Waals surface area contributed by atoms with Crippen molar-refractivity contribution in [3.8, 4) is 0 Å². The third-order valence-corrected chi connectivity index (χ3v) is 2.41. The van der Waals surface area contributed by atoms with Gasteiger partial charge in [-0.15, -0.1) is 0 Å². The fourth-order valence-electron chi connectivity index (χ4n) is 1.63. The van der Waals surface area contributed by atoms with E-state index in [0.717, 1.165) is 0 Å². The summed E-state index contributed by atoms with van der Waals surface area (Å²) in [6.45, 7) is 4.14. The molecule has 0 radical (unpaired) electrons. The largest absolute Gasteiger partial charge is 0.370 e. The highest BCUT2D eigenvalue weighted by Crippen LogP contribution is 2.23. The van der Waals surface area contributed by atoms with Gasteiger partial charge in [0.1, 0.15) is 23.0 Å². The summed E-state index contributed by atoms with van der Waals surface area (Å²) >= 11 is 0. The second kappa shape index (κ2) is 4.04. The van der Waals surface area contributed by atoms with E-state index in [2.05, 4.69) is 10.3 Å². The number of aromatic nitrogens is 1. The normalized spacial score (nSPS) is 10.8. The molecule has 1 aromatic carbocycles. The maximum atomic E-state index is 13.7. The predicted octanol–water partition coefficient (Wildman–Crippen LogP) is 3.25. The summed E-state index contributed by atoms with van der Waals surface area (Å²) < 4.78 is 27.3. The second-order valence-electron chi connectivity index (χ2n) is 3.61. The Balaban J connectivity index is 2.69. The van der Waals surface area contributed by atoms with Crippen LogP contribution in [0.4, 0.5) is 14.6 Å². The third-order valence-electron chi connectivity index (χ3n) is 2.41. The van der Waals surface area contributed by atoms with E-state index in [1.165, 1.54) is 13.0 Å². The number of nitrogens with zero attached hydrogens (tertiary/aromatic N) is 1. The van der Waals surface area contributed by atoms with Crippen LogP contribution in [-0.4, -0.2) is 11.5 Å². The summed E-state index contributed by atoms with van der Waals surface area (Å²) in [7, 11) is 0. The molecule has 1 aromatic heterocycles. The molecule has 2 aromatic rings. The van der Waals surface area contributed by atoms with E-state index in [4.69, 9.17) is 0 Å². The summed E-state index contributed by atoms with van der Waals surface area (Å²) in [6, 6.07) is 4.36. The van der Waals surface area contributed by atoms with Crippen LogP contribution >= 0.6 is 0 Å². The van der Waals surface area contributed by atoms with Gasteiger partial charge in [0.15, 0.2) is 0 Å². The number of pyridine rings is 1. The molecule has 1 N–H and O–H groups in total. The molecule has 0 amide bonds. The zero-order valence-corrected chi connectivity index (χ0v) is 9.14. The number of nitrogens with one attached hydrogen (secondary N) is 1. The van der Waals surface area contributed by atoms with Gasteiger partial charge in [-0.1, -0.05) is 0 Å². The first-order chi connectivity index (χ1) is 7.63. The predicted molar refractivity (Wildman–Crippen MR) is 60.6 cm³/mol. The van der Waals surface area contributed by atoms with Crippen molar-refractivity contribution >= 4 is 16.7 Å². The molecule has 0 unspecified atom stereocenters. The minimum atomic E-state index is -0.492. The molecule has 0 aliphatic heterocycles. The lowest BCUT2D eigenvalue weighted by molar-refractivity contribution is 0.608. The molecular formula is C12H12F2N2. The van der Waals surface area contributed by atoms with E-state index in [-0.39, 0.29) is 10.9 Å². The van der Waals surface area contributed by atoms with Crippen LogP contribution in [0.5, 0.6) is 0 Å². The molecule has 0 bridgehead atoms. The smallest absolute Gasteiger partial charge is 0.149 e. The number of aryl methyl sites for hydroxylation is 1. The lowest BCUT2D eigenvalue weighted by Gasteiger charge is -2.07. The van der Waals surface area contributed by atoms with Gasteiger partial charge in [-0.2, -0.15) is 0 Å². The van der Waals surface area contributed by atoms with E-state index in [1.54, 1.807) is 12.1 Å². The first kappa shape index (κ1) is 10.8. The first-order valence-electron chi connectivity index (χ1n) is 5.12. The molecule has 84 valence electrons. The van der Waals surface area contributed by atoms with Crippen LogP contribution in [0.3, 0.4) is 0 Å². The minimum Gasteiger partial charge on any atom is -0.370 e. The molecule has 16 heavy (non-hydrogen) atoms. The van der Waals surface area contributed by atoms with E-state index < -0.39 is 11.6 Å². The highest BCUT2D eigenvalue weighted by atomic mass is 19.1. The van der Waals surface area contributed by atoms with Gasteiger partial charge in [0.2, 0.25) is 0 Å². The van der Waals surface area contributed by atoms with Crippen molar-refractivity contribution < 1.29 is 8.78 Å². The summed E-state index contributed by atoms with van der Waals surface area (Å²) in [5.74, 6) is -0.349. The number of benzene rings is 1. The Kier molecular flexibility index (Phi) is 2.73. The zero-order valence-electron chi connectivity index (χ0n) is 9.14. The standard InChI is InChI=1S/C12H12F2N2/c1-3-15-10-5-4-8-11(14)7(2)6-9(13)12(8)16-10/h4-6H,3H2,1-2H3,(H,15,16). The van der Waals surface area contributed by atoms with Gasteiger partial charge in [-0.3, -0.25) is 0 Å². The molecule has 0 saturated heterocycles. The molecule has 2 nitrogen and oxygen atoms in total. The summed E-state index contributed by atoms with van der Waals surface area (Å²) in [5.41, 5.74) is 0.365. The fraction of sp³-hybridized carbons (Fsp3) is 0.250. The third kappa shape index (κ3) is 1.71. The Morgan fingerprint density at radius 2 is 2.06 bits per heavy atom. The highest BCUT2D eigenvalue weighted by molar-refractivity contribution is 5.82. The summed E-state index contributed by atoms with van der Waals surface area (Å²) in [6.07, 6.45) is 0. The number of rotatable bonds is 2. The van der Waals surface area contributed by atoms with Crippen molar-refractivity contribution in [3.63, 3.8) is 0 Å². The monoisotopic (exact) mass is 222 g/mol. The van der Waals surface area contributed by atoms with Gasteiger partial charge >= 0.3 is 0 Å². The molecule has 0 fully saturated rings. The van der Waals surface area contributed by atoms with Crippen LogP contribution in [0.25, 0.3) is 10.9 Å². The van der Waals surface area contributed by atoms with Crippen molar-refractivity contribution in [3.05, 3.63) is 35.4 Å². The average molecular weight is 222 g/mol. The van der Waals surface area contributed by atoms with Crippen LogP contribution in [0.2, 0.25) is 0 Å². The zero-order chi connectivity index (χ0) is 11.7. The van der Waals surface area contributed by atoms with Gasteiger partial charge in [0.05, 0.1) is 0 Å². The maximum Gasteiger partial charge on any atom is 0.149 e. The summed E-state index contributed by atoms with van der Waals surface area (Å²) in [5, 5.41) is 3.18. The Morgan fingerprint density at radius 3 is 2.75 bits per heavy atom. The van der Waals surface area contributed by atoms with Crippen molar-refractivity contribution in [2.45, 2.75) is 13.8 Å². The van der Waals surface area contributed by atoms with E-state index >= 15 is 0 Å². The fourth-order valence-corrected chi connectivity index (χ4v) is 1.63. The van der Waals surface area contributed by atoms with Crippen LogP contribution in [0, 0.1) is 18.6 Å². The Morgan fingerprint density at radius 1 is 1.31 bits per heavy atom. The Bertz CT molecular complexity index is 538. The van der Waals surface area contributed by atoms with Crippen LogP contribution in [0.15, 0.2) is 18.2 Å². The lowest BCUT2D eigenvalue weighted by Crippen LogP contribution is -2.00. The first-order valence-corrected chi connectivity index (χ1v) is 5.12. The van der Waals surface area contributed by atoms with Crippen molar-refractivity contribution in [1.82, 2.24) is 4.98 Å². The van der Waals surface area contributed by atoms with Crippen LogP contribution in [-0.2, 0) is 0 Å². The quantitative estimate of drug-likeness (QED) is 0.843. The number of anilines is 1. The summed E-state index contributed by atoms with van der Waals surface area (Å²) in [4.78, 5) is 4.04. The minimum absolute atomic E-state index is 0.0709. The Hall–Kier alpha value is -1.71. The molecule has 2 rings (SSSR count). The molecular weight excluding hydrogens is 210 g/mol. The molecule has 0 aliphatic carbocycles. The van der Waals surface area contributed by atoms with Gasteiger partial charge < -0.3 is 5.32 Å². The molecule has 0 aliphatic rings. The number of hydrogen-bond donors (Lipinski definition) is 1. The molecule has 0 atom stereocenters. The van der Waals surface area contributed by atoms with E-state index in [0.29, 0.717) is 17.9 Å². The van der Waals surface area contributed by atoms with E-state index in [9.17, 15) is 8.78 Å². The highest BCUT2D eigenvalue weighted by Gasteiger charge is 2.11. The SMILES string of the molecule is CCNc1ccc2c(F)c(C)cc(F)c2n1. The molecule has 0 spiro atoms.